The summed E-state index contributed by atoms with van der Waals surface area (Å²) in [4.78, 5) is 0. The van der Waals surface area contributed by atoms with Crippen LogP contribution in [0, 0.1) is 0 Å². The molecule has 0 saturated heterocycles. The van der Waals surface area contributed by atoms with Gasteiger partial charge >= 0.3 is 0 Å². The third kappa shape index (κ3) is 1.59. The van der Waals surface area contributed by atoms with E-state index in [0.717, 1.165) is 6.42 Å². The van der Waals surface area contributed by atoms with Crippen molar-refractivity contribution in [2.45, 2.75) is 38.5 Å². The largest absolute Gasteiger partial charge is 0.0620 e. The summed E-state index contributed by atoms with van der Waals surface area (Å²) in [5.41, 5.74) is 6.10. The summed E-state index contributed by atoms with van der Waals surface area (Å²) >= 11 is 0. The molecule has 18 heavy (non-hydrogen) atoms. The van der Waals surface area contributed by atoms with Gasteiger partial charge in [0.2, 0.25) is 0 Å². The standard InChI is InChI=1S/C18H20/c1-13-12-14-8-4-6-10-16(14)18(2,3)17-11-7-5-9-15(13)17/h4-11,13H,12H2,1-3H3/t13-/m1/s1. The van der Waals surface area contributed by atoms with E-state index < -0.39 is 0 Å². The third-order valence-electron chi connectivity index (χ3n) is 4.38. The number of hydrogen-bond donors (Lipinski definition) is 0. The minimum absolute atomic E-state index is 0.109. The second-order valence-corrected chi connectivity index (χ2v) is 5.97. The summed E-state index contributed by atoms with van der Waals surface area (Å²) in [7, 11) is 0. The SMILES string of the molecule is C[C@@H]1Cc2ccccc2C(C)(C)c2ccccc21. The minimum atomic E-state index is 0.109. The molecule has 1 aliphatic carbocycles. The first-order valence-electron chi connectivity index (χ1n) is 6.78. The lowest BCUT2D eigenvalue weighted by molar-refractivity contribution is 0.635. The molecule has 2 aromatic carbocycles. The van der Waals surface area contributed by atoms with Crippen LogP contribution in [0.2, 0.25) is 0 Å². The second-order valence-electron chi connectivity index (χ2n) is 5.97. The van der Waals surface area contributed by atoms with Crippen molar-refractivity contribution in [2.24, 2.45) is 0 Å². The molecule has 0 bridgehead atoms. The van der Waals surface area contributed by atoms with Crippen LogP contribution in [0.15, 0.2) is 48.5 Å². The van der Waals surface area contributed by atoms with Crippen molar-refractivity contribution in [1.29, 1.82) is 0 Å². The van der Waals surface area contributed by atoms with Crippen LogP contribution in [0.3, 0.4) is 0 Å². The Balaban J connectivity index is 2.31. The maximum absolute atomic E-state index is 2.35. The van der Waals surface area contributed by atoms with Gasteiger partial charge in [0.25, 0.3) is 0 Å². The van der Waals surface area contributed by atoms with E-state index in [1.807, 2.05) is 0 Å². The first-order valence-corrected chi connectivity index (χ1v) is 6.78. The average molecular weight is 236 g/mol. The molecule has 0 amide bonds. The second kappa shape index (κ2) is 3.98. The van der Waals surface area contributed by atoms with Gasteiger partial charge in [0.05, 0.1) is 0 Å². The van der Waals surface area contributed by atoms with Gasteiger partial charge in [-0.1, -0.05) is 69.3 Å². The highest BCUT2D eigenvalue weighted by Crippen LogP contribution is 2.42. The molecule has 1 atom stereocenters. The van der Waals surface area contributed by atoms with Crippen molar-refractivity contribution in [3.05, 3.63) is 70.8 Å². The Morgan fingerprint density at radius 2 is 1.50 bits per heavy atom. The van der Waals surface area contributed by atoms with Crippen molar-refractivity contribution in [1.82, 2.24) is 0 Å². The quantitative estimate of drug-likeness (QED) is 0.623. The van der Waals surface area contributed by atoms with Crippen LogP contribution in [-0.2, 0) is 11.8 Å². The van der Waals surface area contributed by atoms with Crippen LogP contribution in [0.1, 0.15) is 48.9 Å². The van der Waals surface area contributed by atoms with Gasteiger partial charge in [-0.05, 0) is 34.6 Å². The van der Waals surface area contributed by atoms with Gasteiger partial charge in [-0.2, -0.15) is 0 Å². The maximum atomic E-state index is 2.35. The van der Waals surface area contributed by atoms with Gasteiger partial charge in [0, 0.05) is 5.41 Å². The Bertz CT molecular complexity index is 578. The molecular formula is C18H20. The Hall–Kier alpha value is -1.56. The molecule has 0 aliphatic heterocycles. The number of hydrogen-bond acceptors (Lipinski definition) is 0. The Labute approximate surface area is 110 Å². The van der Waals surface area contributed by atoms with Gasteiger partial charge in [-0.3, -0.25) is 0 Å². The number of benzene rings is 2. The first kappa shape index (κ1) is 11.5. The number of rotatable bonds is 0. The lowest BCUT2D eigenvalue weighted by atomic mass is 9.76. The maximum Gasteiger partial charge on any atom is 0.0152 e. The summed E-state index contributed by atoms with van der Waals surface area (Å²) < 4.78 is 0. The van der Waals surface area contributed by atoms with E-state index in [-0.39, 0.29) is 5.41 Å². The van der Waals surface area contributed by atoms with Crippen LogP contribution in [-0.4, -0.2) is 0 Å². The zero-order chi connectivity index (χ0) is 12.8. The van der Waals surface area contributed by atoms with Crippen LogP contribution in [0.25, 0.3) is 0 Å². The van der Waals surface area contributed by atoms with E-state index >= 15 is 0 Å². The fraction of sp³-hybridized carbons (Fsp3) is 0.333. The average Bonchev–Trinajstić information content (AvgIpc) is 2.46. The molecule has 0 aromatic heterocycles. The lowest BCUT2D eigenvalue weighted by Gasteiger charge is -2.28. The molecule has 0 saturated carbocycles. The van der Waals surface area contributed by atoms with E-state index in [4.69, 9.17) is 0 Å². The van der Waals surface area contributed by atoms with E-state index in [1.165, 1.54) is 22.3 Å². The van der Waals surface area contributed by atoms with Crippen LogP contribution in [0.4, 0.5) is 0 Å². The summed E-state index contributed by atoms with van der Waals surface area (Å²) in [5.74, 6) is 0.601. The lowest BCUT2D eigenvalue weighted by Crippen LogP contribution is -2.20. The Morgan fingerprint density at radius 3 is 2.28 bits per heavy atom. The zero-order valence-electron chi connectivity index (χ0n) is 11.4. The minimum Gasteiger partial charge on any atom is -0.0620 e. The summed E-state index contributed by atoms with van der Waals surface area (Å²) in [6.45, 7) is 7.04. The molecule has 0 heteroatoms. The van der Waals surface area contributed by atoms with Crippen molar-refractivity contribution in [3.8, 4) is 0 Å². The molecule has 3 rings (SSSR count). The van der Waals surface area contributed by atoms with Crippen LogP contribution in [0.5, 0.6) is 0 Å². The Morgan fingerprint density at radius 1 is 0.889 bits per heavy atom. The highest BCUT2D eigenvalue weighted by atomic mass is 14.4. The fourth-order valence-corrected chi connectivity index (χ4v) is 3.39. The molecule has 0 fully saturated rings. The van der Waals surface area contributed by atoms with Crippen molar-refractivity contribution >= 4 is 0 Å². The molecule has 92 valence electrons. The zero-order valence-corrected chi connectivity index (χ0v) is 11.4. The molecule has 0 radical (unpaired) electrons. The highest BCUT2D eigenvalue weighted by molar-refractivity contribution is 5.49. The van der Waals surface area contributed by atoms with Crippen molar-refractivity contribution in [2.75, 3.05) is 0 Å². The normalized spacial score (nSPS) is 20.7. The smallest absolute Gasteiger partial charge is 0.0152 e. The highest BCUT2D eigenvalue weighted by Gasteiger charge is 2.32. The number of fused-ring (bicyclic) bond motifs is 2. The van der Waals surface area contributed by atoms with E-state index in [0.29, 0.717) is 5.92 Å². The first-order chi connectivity index (χ1) is 8.60. The molecule has 2 aromatic rings. The molecular weight excluding hydrogens is 216 g/mol. The van der Waals surface area contributed by atoms with Crippen LogP contribution >= 0.6 is 0 Å². The van der Waals surface area contributed by atoms with Gasteiger partial charge < -0.3 is 0 Å². The molecule has 0 N–H and O–H groups in total. The van der Waals surface area contributed by atoms with Crippen molar-refractivity contribution < 1.29 is 0 Å². The topological polar surface area (TPSA) is 0 Å². The molecule has 0 unspecified atom stereocenters. The fourth-order valence-electron chi connectivity index (χ4n) is 3.39. The predicted molar refractivity (Wildman–Crippen MR) is 77.1 cm³/mol. The summed E-state index contributed by atoms with van der Waals surface area (Å²) in [5, 5.41) is 0. The van der Waals surface area contributed by atoms with E-state index in [9.17, 15) is 0 Å². The molecule has 0 heterocycles. The van der Waals surface area contributed by atoms with Crippen molar-refractivity contribution in [3.63, 3.8) is 0 Å². The van der Waals surface area contributed by atoms with Gasteiger partial charge in [0.15, 0.2) is 0 Å². The molecule has 0 nitrogen and oxygen atoms in total. The Kier molecular flexibility index (Phi) is 2.55. The summed E-state index contributed by atoms with van der Waals surface area (Å²) in [6, 6.07) is 17.9. The van der Waals surface area contributed by atoms with Gasteiger partial charge in [-0.15, -0.1) is 0 Å². The molecule has 1 aliphatic rings. The van der Waals surface area contributed by atoms with Gasteiger partial charge in [0.1, 0.15) is 0 Å². The predicted octanol–water partition coefficient (Wildman–Crippen LogP) is 4.67. The monoisotopic (exact) mass is 236 g/mol. The van der Waals surface area contributed by atoms with Gasteiger partial charge in [-0.25, -0.2) is 0 Å². The third-order valence-corrected chi connectivity index (χ3v) is 4.38. The van der Waals surface area contributed by atoms with Crippen LogP contribution < -0.4 is 0 Å². The van der Waals surface area contributed by atoms with E-state index in [1.54, 1.807) is 0 Å². The van der Waals surface area contributed by atoms with E-state index in [2.05, 4.69) is 69.3 Å². The molecule has 0 spiro atoms. The summed E-state index contributed by atoms with van der Waals surface area (Å²) in [6.07, 6.45) is 1.15.